The van der Waals surface area contributed by atoms with Crippen LogP contribution in [-0.2, 0) is 20.1 Å². The summed E-state index contributed by atoms with van der Waals surface area (Å²) in [5.41, 5.74) is 5.09. The number of rotatable bonds is 4. The molecule has 0 atom stereocenters. The molecule has 0 saturated carbocycles. The van der Waals surface area contributed by atoms with Crippen LogP contribution in [0.4, 0.5) is 0 Å². The van der Waals surface area contributed by atoms with Gasteiger partial charge in [0.1, 0.15) is 0 Å². The van der Waals surface area contributed by atoms with Crippen LogP contribution in [0.1, 0.15) is 16.8 Å². The molecule has 0 aliphatic heterocycles. The van der Waals surface area contributed by atoms with E-state index >= 15 is 0 Å². The fourth-order valence-corrected chi connectivity index (χ4v) is 3.05. The van der Waals surface area contributed by atoms with E-state index < -0.39 is 0 Å². The van der Waals surface area contributed by atoms with Crippen LogP contribution in [0.25, 0.3) is 10.9 Å². The summed E-state index contributed by atoms with van der Waals surface area (Å²) in [6.45, 7) is 3.80. The minimum absolute atomic E-state index is 0.778. The Labute approximate surface area is 130 Å². The normalized spacial score (nSPS) is 11.2. The highest BCUT2D eigenvalue weighted by Gasteiger charge is 2.10. The van der Waals surface area contributed by atoms with Gasteiger partial charge in [-0.05, 0) is 30.2 Å². The van der Waals surface area contributed by atoms with Gasteiger partial charge < -0.3 is 9.88 Å². The molecule has 0 bridgehead atoms. The molecular weight excluding hydrogens is 280 g/mol. The van der Waals surface area contributed by atoms with Crippen molar-refractivity contribution in [2.45, 2.75) is 20.0 Å². The summed E-state index contributed by atoms with van der Waals surface area (Å²) in [4.78, 5) is 0. The van der Waals surface area contributed by atoms with E-state index in [4.69, 9.17) is 11.6 Å². The maximum Gasteiger partial charge on any atom is 0.0483 e. The second-order valence-corrected chi connectivity index (χ2v) is 5.75. The summed E-state index contributed by atoms with van der Waals surface area (Å²) in [6.07, 6.45) is 0. The fourth-order valence-electron chi connectivity index (χ4n) is 2.84. The zero-order valence-corrected chi connectivity index (χ0v) is 13.1. The van der Waals surface area contributed by atoms with Crippen molar-refractivity contribution in [3.8, 4) is 0 Å². The maximum absolute atomic E-state index is 6.19. The summed E-state index contributed by atoms with van der Waals surface area (Å²) in [6, 6.07) is 16.5. The third-order valence-corrected chi connectivity index (χ3v) is 4.44. The summed E-state index contributed by atoms with van der Waals surface area (Å²) in [5, 5.41) is 5.64. The average molecular weight is 299 g/mol. The molecule has 1 aromatic heterocycles. The molecule has 1 N–H and O–H groups in total. The van der Waals surface area contributed by atoms with Crippen LogP contribution >= 0.6 is 11.6 Å². The molecule has 2 nitrogen and oxygen atoms in total. The monoisotopic (exact) mass is 298 g/mol. The summed E-state index contributed by atoms with van der Waals surface area (Å²) >= 11 is 6.19. The van der Waals surface area contributed by atoms with Crippen LogP contribution < -0.4 is 5.32 Å². The highest BCUT2D eigenvalue weighted by Crippen LogP contribution is 2.24. The van der Waals surface area contributed by atoms with E-state index in [1.165, 1.54) is 22.2 Å². The van der Waals surface area contributed by atoms with Crippen molar-refractivity contribution in [1.82, 2.24) is 9.88 Å². The Morgan fingerprint density at radius 2 is 1.71 bits per heavy atom. The number of halogens is 1. The molecule has 2 aromatic carbocycles. The van der Waals surface area contributed by atoms with E-state index in [1.807, 2.05) is 18.2 Å². The highest BCUT2D eigenvalue weighted by atomic mass is 35.5. The molecule has 1 heterocycles. The minimum Gasteiger partial charge on any atom is -0.346 e. The first-order chi connectivity index (χ1) is 10.2. The van der Waals surface area contributed by atoms with Gasteiger partial charge in [-0.3, -0.25) is 0 Å². The second-order valence-electron chi connectivity index (χ2n) is 5.34. The molecule has 3 aromatic rings. The lowest BCUT2D eigenvalue weighted by atomic mass is 10.1. The topological polar surface area (TPSA) is 17.0 Å². The SMILES string of the molecule is Cc1c(CNCc2ccccc2Cl)n(C)c2ccccc12. The number of nitrogens with one attached hydrogen (secondary N) is 1. The Morgan fingerprint density at radius 1 is 1.00 bits per heavy atom. The van der Waals surface area contributed by atoms with Crippen LogP contribution in [0, 0.1) is 6.92 Å². The van der Waals surface area contributed by atoms with Gasteiger partial charge in [-0.25, -0.2) is 0 Å². The predicted molar refractivity (Wildman–Crippen MR) is 89.7 cm³/mol. The number of nitrogens with zero attached hydrogens (tertiary/aromatic N) is 1. The first-order valence-corrected chi connectivity index (χ1v) is 7.53. The Kier molecular flexibility index (Phi) is 4.00. The van der Waals surface area contributed by atoms with Gasteiger partial charge in [0.15, 0.2) is 0 Å². The van der Waals surface area contributed by atoms with Gasteiger partial charge in [-0.1, -0.05) is 48.0 Å². The number of para-hydroxylation sites is 1. The van der Waals surface area contributed by atoms with Gasteiger partial charge in [0, 0.05) is 41.8 Å². The largest absolute Gasteiger partial charge is 0.346 e. The molecular formula is C18H19ClN2. The molecule has 0 aliphatic rings. The summed E-state index contributed by atoms with van der Waals surface area (Å²) in [7, 11) is 2.13. The predicted octanol–water partition coefficient (Wildman–Crippen LogP) is 4.43. The number of benzene rings is 2. The number of hydrogen-bond donors (Lipinski definition) is 1. The van der Waals surface area contributed by atoms with Gasteiger partial charge in [0.05, 0.1) is 0 Å². The fraction of sp³-hybridized carbons (Fsp3) is 0.222. The molecule has 0 saturated heterocycles. The first-order valence-electron chi connectivity index (χ1n) is 7.15. The summed E-state index contributed by atoms with van der Waals surface area (Å²) in [5.74, 6) is 0. The number of aromatic nitrogens is 1. The Bertz CT molecular complexity index is 735. The van der Waals surface area contributed by atoms with E-state index in [0.717, 1.165) is 23.7 Å². The van der Waals surface area contributed by atoms with Crippen LogP contribution in [0.15, 0.2) is 48.5 Å². The smallest absolute Gasteiger partial charge is 0.0483 e. The lowest BCUT2D eigenvalue weighted by Crippen LogP contribution is -2.15. The van der Waals surface area contributed by atoms with Gasteiger partial charge in [-0.15, -0.1) is 0 Å². The van der Waals surface area contributed by atoms with Crippen molar-refractivity contribution in [3.05, 3.63) is 70.4 Å². The van der Waals surface area contributed by atoms with Gasteiger partial charge in [0.2, 0.25) is 0 Å². The van der Waals surface area contributed by atoms with Crippen molar-refractivity contribution in [1.29, 1.82) is 0 Å². The third-order valence-electron chi connectivity index (χ3n) is 4.07. The zero-order chi connectivity index (χ0) is 14.8. The molecule has 0 fully saturated rings. The second kappa shape index (κ2) is 5.92. The van der Waals surface area contributed by atoms with E-state index in [9.17, 15) is 0 Å². The molecule has 108 valence electrons. The molecule has 0 spiro atoms. The maximum atomic E-state index is 6.19. The molecule has 21 heavy (non-hydrogen) atoms. The van der Waals surface area contributed by atoms with E-state index in [-0.39, 0.29) is 0 Å². The van der Waals surface area contributed by atoms with Crippen LogP contribution in [0.3, 0.4) is 0 Å². The Morgan fingerprint density at radius 3 is 2.48 bits per heavy atom. The van der Waals surface area contributed by atoms with Gasteiger partial charge >= 0.3 is 0 Å². The van der Waals surface area contributed by atoms with Crippen LogP contribution in [0.5, 0.6) is 0 Å². The van der Waals surface area contributed by atoms with Gasteiger partial charge in [0.25, 0.3) is 0 Å². The Balaban J connectivity index is 1.78. The van der Waals surface area contributed by atoms with Crippen molar-refractivity contribution >= 4 is 22.5 Å². The van der Waals surface area contributed by atoms with Crippen molar-refractivity contribution in [3.63, 3.8) is 0 Å². The lowest BCUT2D eigenvalue weighted by Gasteiger charge is -2.09. The standard InChI is InChI=1S/C18H19ClN2/c1-13-15-8-4-6-10-17(15)21(2)18(13)12-20-11-14-7-3-5-9-16(14)19/h3-10,20H,11-12H2,1-2H3. The molecule has 0 radical (unpaired) electrons. The molecule has 0 unspecified atom stereocenters. The number of aryl methyl sites for hydroxylation is 2. The molecule has 0 amide bonds. The third kappa shape index (κ3) is 2.69. The van der Waals surface area contributed by atoms with Crippen molar-refractivity contribution in [2.75, 3.05) is 0 Å². The first kappa shape index (κ1) is 14.2. The lowest BCUT2D eigenvalue weighted by molar-refractivity contribution is 0.656. The highest BCUT2D eigenvalue weighted by molar-refractivity contribution is 6.31. The number of fused-ring (bicyclic) bond motifs is 1. The number of hydrogen-bond acceptors (Lipinski definition) is 1. The van der Waals surface area contributed by atoms with Crippen molar-refractivity contribution < 1.29 is 0 Å². The summed E-state index contributed by atoms with van der Waals surface area (Å²) < 4.78 is 2.27. The van der Waals surface area contributed by atoms with E-state index in [1.54, 1.807) is 0 Å². The Hall–Kier alpha value is -1.77. The minimum atomic E-state index is 0.778. The molecule has 3 heteroatoms. The van der Waals surface area contributed by atoms with Crippen molar-refractivity contribution in [2.24, 2.45) is 7.05 Å². The molecule has 3 rings (SSSR count). The van der Waals surface area contributed by atoms with E-state index in [2.05, 4.69) is 54.2 Å². The van der Waals surface area contributed by atoms with Gasteiger partial charge in [-0.2, -0.15) is 0 Å². The zero-order valence-electron chi connectivity index (χ0n) is 12.4. The van der Waals surface area contributed by atoms with Crippen LogP contribution in [0.2, 0.25) is 5.02 Å². The van der Waals surface area contributed by atoms with Crippen LogP contribution in [-0.4, -0.2) is 4.57 Å². The van der Waals surface area contributed by atoms with E-state index in [0.29, 0.717) is 0 Å². The average Bonchev–Trinajstić information content (AvgIpc) is 2.74. The quantitative estimate of drug-likeness (QED) is 0.754. The molecule has 0 aliphatic carbocycles.